The molecule has 3 N–H and O–H groups in total. The van der Waals surface area contributed by atoms with Crippen molar-refractivity contribution in [1.82, 2.24) is 25.1 Å². The number of hydrogen-bond acceptors (Lipinski definition) is 10. The van der Waals surface area contributed by atoms with E-state index in [0.29, 0.717) is 40.8 Å². The molecule has 1 aliphatic heterocycles. The lowest BCUT2D eigenvalue weighted by molar-refractivity contribution is 0.440. The second-order valence-corrected chi connectivity index (χ2v) is 11.8. The Morgan fingerprint density at radius 3 is 2.81 bits per heavy atom. The van der Waals surface area contributed by atoms with E-state index in [0.717, 1.165) is 36.0 Å². The van der Waals surface area contributed by atoms with E-state index in [-0.39, 0.29) is 15.5 Å². The number of hydrogen-bond donors (Lipinski definition) is 2. The van der Waals surface area contributed by atoms with Crippen LogP contribution in [0.2, 0.25) is 10.0 Å². The second kappa shape index (κ2) is 8.73. The lowest BCUT2D eigenvalue weighted by atomic mass is 10.0. The molecule has 3 unspecified atom stereocenters. The maximum Gasteiger partial charge on any atom is 0.488 e. The number of rotatable bonds is 6. The first-order valence-corrected chi connectivity index (χ1v) is 14.3. The normalized spacial score (nSPS) is 23.3. The van der Waals surface area contributed by atoms with Gasteiger partial charge in [0, 0.05) is 41.7 Å². The largest absolute Gasteiger partial charge is 0.488 e. The SMILES string of the molecule is Cc1csc(C2(CN)C3CCN(c4cnc5c(-c6ccc(OS(=O)(=O)F)c(Cl)c6Cl)n[nH]c5n4)CC32)n1. The van der Waals surface area contributed by atoms with E-state index < -0.39 is 16.3 Å². The molecule has 2 aliphatic rings. The Hall–Kier alpha value is -2.58. The van der Waals surface area contributed by atoms with E-state index in [1.54, 1.807) is 17.5 Å². The Morgan fingerprint density at radius 1 is 1.30 bits per heavy atom. The van der Waals surface area contributed by atoms with Gasteiger partial charge >= 0.3 is 10.5 Å². The minimum Gasteiger partial charge on any atom is -0.357 e. The van der Waals surface area contributed by atoms with Crippen LogP contribution >= 0.6 is 34.5 Å². The quantitative estimate of drug-likeness (QED) is 0.322. The molecule has 1 aliphatic carbocycles. The van der Waals surface area contributed by atoms with Crippen molar-refractivity contribution in [2.45, 2.75) is 18.8 Å². The van der Waals surface area contributed by atoms with Crippen molar-refractivity contribution in [3.8, 4) is 17.0 Å². The van der Waals surface area contributed by atoms with Gasteiger partial charge in [0.1, 0.15) is 27.1 Å². The van der Waals surface area contributed by atoms with Gasteiger partial charge in [0.2, 0.25) is 0 Å². The summed E-state index contributed by atoms with van der Waals surface area (Å²) in [5.74, 6) is 1.20. The number of aromatic amines is 1. The van der Waals surface area contributed by atoms with Gasteiger partial charge in [-0.1, -0.05) is 27.1 Å². The van der Waals surface area contributed by atoms with Gasteiger partial charge in [-0.2, -0.15) is 13.5 Å². The number of nitrogens with zero attached hydrogens (tertiary/aromatic N) is 5. The molecule has 0 bridgehead atoms. The zero-order chi connectivity index (χ0) is 26.1. The Bertz CT molecular complexity index is 1650. The van der Waals surface area contributed by atoms with Crippen LogP contribution in [0, 0.1) is 18.8 Å². The lowest BCUT2D eigenvalue weighted by Crippen LogP contribution is -2.32. The molecule has 4 aromatic rings. The van der Waals surface area contributed by atoms with Crippen molar-refractivity contribution in [2.24, 2.45) is 17.6 Å². The summed E-state index contributed by atoms with van der Waals surface area (Å²) in [6.07, 6.45) is 2.68. The van der Waals surface area contributed by atoms with Gasteiger partial charge in [-0.05, 0) is 37.3 Å². The van der Waals surface area contributed by atoms with Crippen LogP contribution in [0.5, 0.6) is 5.75 Å². The maximum atomic E-state index is 12.9. The van der Waals surface area contributed by atoms with Crippen molar-refractivity contribution in [1.29, 1.82) is 0 Å². The number of thiazole rings is 1. The topological polar surface area (TPSA) is 140 Å². The highest BCUT2D eigenvalue weighted by molar-refractivity contribution is 7.81. The van der Waals surface area contributed by atoms with Gasteiger partial charge in [-0.3, -0.25) is 5.10 Å². The van der Waals surface area contributed by atoms with Crippen LogP contribution < -0.4 is 14.8 Å². The molecular weight excluding hydrogens is 564 g/mol. The summed E-state index contributed by atoms with van der Waals surface area (Å²) >= 11 is 14.1. The molecule has 194 valence electrons. The van der Waals surface area contributed by atoms with Gasteiger partial charge in [0.05, 0.1) is 11.2 Å². The highest BCUT2D eigenvalue weighted by Crippen LogP contribution is 2.63. The summed E-state index contributed by atoms with van der Waals surface area (Å²) in [7, 11) is -5.26. The summed E-state index contributed by atoms with van der Waals surface area (Å²) in [5, 5.41) is 10.0. The molecule has 10 nitrogen and oxygen atoms in total. The van der Waals surface area contributed by atoms with Gasteiger partial charge in [0.25, 0.3) is 0 Å². The fourth-order valence-corrected chi connectivity index (χ4v) is 7.46. The molecule has 0 radical (unpaired) electrons. The van der Waals surface area contributed by atoms with Crippen LogP contribution in [0.1, 0.15) is 17.1 Å². The van der Waals surface area contributed by atoms with Crippen molar-refractivity contribution >= 4 is 62.0 Å². The summed E-state index contributed by atoms with van der Waals surface area (Å²) in [4.78, 5) is 16.3. The summed E-state index contributed by atoms with van der Waals surface area (Å²) < 4.78 is 38.8. The highest BCUT2D eigenvalue weighted by Gasteiger charge is 2.67. The number of halogens is 3. The van der Waals surface area contributed by atoms with Crippen LogP contribution in [0.4, 0.5) is 9.70 Å². The van der Waals surface area contributed by atoms with Crippen LogP contribution in [-0.4, -0.2) is 53.2 Å². The predicted molar refractivity (Wildman–Crippen MR) is 139 cm³/mol. The van der Waals surface area contributed by atoms with Gasteiger partial charge < -0.3 is 14.8 Å². The van der Waals surface area contributed by atoms with Crippen molar-refractivity contribution in [3.05, 3.63) is 44.5 Å². The molecule has 0 amide bonds. The third kappa shape index (κ3) is 4.04. The number of nitrogens with two attached hydrogens (primary N) is 1. The number of H-pyrrole nitrogens is 1. The van der Waals surface area contributed by atoms with E-state index in [1.807, 2.05) is 6.92 Å². The number of aryl methyl sites for hydroxylation is 1. The zero-order valence-electron chi connectivity index (χ0n) is 19.3. The molecule has 4 heterocycles. The van der Waals surface area contributed by atoms with Crippen LogP contribution in [0.3, 0.4) is 0 Å². The molecule has 1 aromatic carbocycles. The van der Waals surface area contributed by atoms with Crippen LogP contribution in [-0.2, 0) is 15.9 Å². The van der Waals surface area contributed by atoms with E-state index in [4.69, 9.17) is 38.9 Å². The standard InChI is InChI=1S/C22H20Cl2FN7O3S2/c1-10-8-36-21(28-10)22(9-26)12-4-5-32(7-13(12)22)15-6-27-19-18(30-31-20(19)29-15)11-2-3-14(17(24)16(11)23)35-37(25,33)34/h2-3,6,8,12-13H,4-5,7,9,26H2,1H3,(H,29,30,31). The summed E-state index contributed by atoms with van der Waals surface area (Å²) in [6, 6.07) is 2.61. The number of nitrogens with one attached hydrogen (secondary N) is 1. The number of piperidine rings is 1. The Kier molecular flexibility index (Phi) is 5.84. The lowest BCUT2D eigenvalue weighted by Gasteiger charge is -2.26. The van der Waals surface area contributed by atoms with E-state index in [2.05, 4.69) is 29.6 Å². The van der Waals surface area contributed by atoms with Crippen molar-refractivity contribution < 1.29 is 16.5 Å². The maximum absolute atomic E-state index is 12.9. The Labute approximate surface area is 225 Å². The van der Waals surface area contributed by atoms with Crippen LogP contribution in [0.25, 0.3) is 22.4 Å². The zero-order valence-corrected chi connectivity index (χ0v) is 22.4. The first-order valence-electron chi connectivity index (χ1n) is 11.3. The molecule has 15 heteroatoms. The van der Waals surface area contributed by atoms with Crippen LogP contribution in [0.15, 0.2) is 23.7 Å². The molecule has 0 spiro atoms. The van der Waals surface area contributed by atoms with Gasteiger partial charge in [-0.15, -0.1) is 11.3 Å². The summed E-state index contributed by atoms with van der Waals surface area (Å²) in [5.41, 5.74) is 8.85. The molecule has 2 fully saturated rings. The fourth-order valence-electron chi connectivity index (χ4n) is 5.48. The van der Waals surface area contributed by atoms with E-state index in [9.17, 15) is 12.3 Å². The molecule has 1 saturated heterocycles. The Morgan fingerprint density at radius 2 is 2.11 bits per heavy atom. The molecule has 37 heavy (non-hydrogen) atoms. The van der Waals surface area contributed by atoms with Gasteiger partial charge in [-0.25, -0.2) is 15.0 Å². The van der Waals surface area contributed by atoms with Gasteiger partial charge in [0.15, 0.2) is 11.4 Å². The third-order valence-corrected chi connectivity index (χ3v) is 9.65. The minimum absolute atomic E-state index is 0.0616. The molecule has 6 rings (SSSR count). The average Bonchev–Trinajstić information content (AvgIpc) is 3.10. The van der Waals surface area contributed by atoms with E-state index in [1.165, 1.54) is 12.1 Å². The first-order chi connectivity index (χ1) is 17.6. The second-order valence-electron chi connectivity index (χ2n) is 9.20. The number of anilines is 1. The third-order valence-electron chi connectivity index (χ3n) is 7.25. The predicted octanol–water partition coefficient (Wildman–Crippen LogP) is 4.04. The Balaban J connectivity index is 1.27. The first kappa shape index (κ1) is 24.7. The number of fused-ring (bicyclic) bond motifs is 2. The fraction of sp³-hybridized carbons (Fsp3) is 0.364. The van der Waals surface area contributed by atoms with Crippen molar-refractivity contribution in [2.75, 3.05) is 24.5 Å². The summed E-state index contributed by atoms with van der Waals surface area (Å²) in [6.45, 7) is 4.21. The number of aromatic nitrogens is 5. The molecule has 3 aromatic heterocycles. The highest BCUT2D eigenvalue weighted by atomic mass is 35.5. The van der Waals surface area contributed by atoms with Crippen molar-refractivity contribution in [3.63, 3.8) is 0 Å². The average molecular weight is 584 g/mol. The molecule has 1 saturated carbocycles. The smallest absolute Gasteiger partial charge is 0.357 e. The monoisotopic (exact) mass is 583 g/mol. The molecule has 3 atom stereocenters. The minimum atomic E-state index is -5.26. The number of benzene rings is 1. The molecular formula is C22H20Cl2FN7O3S2. The van der Waals surface area contributed by atoms with E-state index >= 15 is 0 Å².